The van der Waals surface area contributed by atoms with Gasteiger partial charge in [0.25, 0.3) is 0 Å². The van der Waals surface area contributed by atoms with E-state index in [1.807, 2.05) is 6.07 Å². The van der Waals surface area contributed by atoms with Crippen LogP contribution in [0.5, 0.6) is 0 Å². The summed E-state index contributed by atoms with van der Waals surface area (Å²) in [6.45, 7) is 0.854. The second-order valence-electron chi connectivity index (χ2n) is 4.49. The molecule has 0 fully saturated rings. The Morgan fingerprint density at radius 3 is 2.68 bits per heavy atom. The van der Waals surface area contributed by atoms with Crippen molar-refractivity contribution < 1.29 is 0 Å². The van der Waals surface area contributed by atoms with Crippen LogP contribution in [0.2, 0.25) is 0 Å². The van der Waals surface area contributed by atoms with Gasteiger partial charge in [0.15, 0.2) is 0 Å². The highest BCUT2D eigenvalue weighted by atomic mass is 127. The van der Waals surface area contributed by atoms with Gasteiger partial charge in [0, 0.05) is 10.1 Å². The van der Waals surface area contributed by atoms with Crippen LogP contribution in [0.3, 0.4) is 0 Å². The van der Waals surface area contributed by atoms with E-state index in [0.717, 1.165) is 24.0 Å². The third kappa shape index (κ3) is 2.58. The number of imidazole rings is 1. The summed E-state index contributed by atoms with van der Waals surface area (Å²) in [5, 5.41) is 0. The van der Waals surface area contributed by atoms with Crippen LogP contribution in [-0.4, -0.2) is 9.55 Å². The predicted molar refractivity (Wildman–Crippen MR) is 87.0 cm³/mol. The summed E-state index contributed by atoms with van der Waals surface area (Å²) >= 11 is 2.29. The zero-order valence-electron chi connectivity index (χ0n) is 10.4. The van der Waals surface area contributed by atoms with Crippen LogP contribution in [0, 0.1) is 3.57 Å². The summed E-state index contributed by atoms with van der Waals surface area (Å²) in [7, 11) is 0. The lowest BCUT2D eigenvalue weighted by atomic mass is 10.1. The van der Waals surface area contributed by atoms with E-state index in [-0.39, 0.29) is 0 Å². The molecule has 0 unspecified atom stereocenters. The maximum Gasteiger partial charge on any atom is 0.201 e. The van der Waals surface area contributed by atoms with E-state index in [1.165, 1.54) is 9.13 Å². The van der Waals surface area contributed by atoms with Crippen molar-refractivity contribution in [2.45, 2.75) is 13.0 Å². The number of nitrogens with two attached hydrogens (primary N) is 1. The zero-order valence-corrected chi connectivity index (χ0v) is 12.5. The molecule has 0 bridgehead atoms. The molecule has 0 saturated heterocycles. The van der Waals surface area contributed by atoms with E-state index in [0.29, 0.717) is 5.95 Å². The Morgan fingerprint density at radius 1 is 1.11 bits per heavy atom. The minimum absolute atomic E-state index is 0.591. The average molecular weight is 363 g/mol. The predicted octanol–water partition coefficient (Wildman–Crippen LogP) is 3.47. The first-order valence-electron chi connectivity index (χ1n) is 6.19. The second-order valence-corrected chi connectivity index (χ2v) is 5.74. The van der Waals surface area contributed by atoms with E-state index in [4.69, 9.17) is 5.73 Å². The second kappa shape index (κ2) is 5.21. The van der Waals surface area contributed by atoms with Crippen LogP contribution in [0.25, 0.3) is 11.0 Å². The molecule has 0 aliphatic carbocycles. The average Bonchev–Trinajstić information content (AvgIpc) is 2.72. The third-order valence-electron chi connectivity index (χ3n) is 3.21. The lowest BCUT2D eigenvalue weighted by molar-refractivity contribution is 0.726. The van der Waals surface area contributed by atoms with Gasteiger partial charge in [-0.05, 0) is 52.8 Å². The first kappa shape index (κ1) is 12.5. The van der Waals surface area contributed by atoms with Gasteiger partial charge in [0.05, 0.1) is 11.0 Å². The molecule has 0 spiro atoms. The Morgan fingerprint density at radius 2 is 1.89 bits per heavy atom. The molecule has 0 amide bonds. The molecular formula is C15H14IN3. The normalized spacial score (nSPS) is 11.0. The molecule has 0 aliphatic heterocycles. The van der Waals surface area contributed by atoms with Crippen molar-refractivity contribution >= 4 is 39.6 Å². The minimum atomic E-state index is 0.591. The van der Waals surface area contributed by atoms with Gasteiger partial charge in [-0.1, -0.05) is 30.3 Å². The molecule has 1 aromatic heterocycles. The van der Waals surface area contributed by atoms with Gasteiger partial charge < -0.3 is 10.3 Å². The van der Waals surface area contributed by atoms with Crippen molar-refractivity contribution in [1.29, 1.82) is 0 Å². The number of aryl methyl sites for hydroxylation is 2. The lowest BCUT2D eigenvalue weighted by Gasteiger charge is -2.06. The summed E-state index contributed by atoms with van der Waals surface area (Å²) in [4.78, 5) is 4.42. The summed E-state index contributed by atoms with van der Waals surface area (Å²) < 4.78 is 3.26. The van der Waals surface area contributed by atoms with Crippen molar-refractivity contribution in [3.63, 3.8) is 0 Å². The molecule has 3 nitrogen and oxygen atoms in total. The van der Waals surface area contributed by atoms with Gasteiger partial charge in [0.2, 0.25) is 5.95 Å². The Kier molecular flexibility index (Phi) is 3.42. The largest absolute Gasteiger partial charge is 0.369 e. The monoisotopic (exact) mass is 363 g/mol. The Labute approximate surface area is 125 Å². The van der Waals surface area contributed by atoms with Gasteiger partial charge in [-0.25, -0.2) is 4.98 Å². The highest BCUT2D eigenvalue weighted by Crippen LogP contribution is 2.20. The first-order valence-corrected chi connectivity index (χ1v) is 7.27. The number of fused-ring (bicyclic) bond motifs is 1. The first-order chi connectivity index (χ1) is 9.24. The molecular weight excluding hydrogens is 349 g/mol. The van der Waals surface area contributed by atoms with E-state index in [9.17, 15) is 0 Å². The van der Waals surface area contributed by atoms with Gasteiger partial charge in [0.1, 0.15) is 0 Å². The highest BCUT2D eigenvalue weighted by molar-refractivity contribution is 14.1. The van der Waals surface area contributed by atoms with E-state index >= 15 is 0 Å². The molecule has 2 N–H and O–H groups in total. The van der Waals surface area contributed by atoms with Crippen LogP contribution >= 0.6 is 22.6 Å². The Hall–Kier alpha value is -1.56. The number of nitrogen functional groups attached to an aromatic ring is 1. The van der Waals surface area contributed by atoms with Crippen LogP contribution in [0.15, 0.2) is 48.5 Å². The van der Waals surface area contributed by atoms with Crippen molar-refractivity contribution in [3.05, 3.63) is 57.7 Å². The molecule has 0 atom stereocenters. The molecule has 3 rings (SSSR count). The molecule has 0 aliphatic rings. The number of halogens is 1. The van der Waals surface area contributed by atoms with Crippen LogP contribution in [0.1, 0.15) is 5.56 Å². The zero-order chi connectivity index (χ0) is 13.2. The van der Waals surface area contributed by atoms with Crippen LogP contribution in [0.4, 0.5) is 5.95 Å². The highest BCUT2D eigenvalue weighted by Gasteiger charge is 2.08. The van der Waals surface area contributed by atoms with Gasteiger partial charge in [-0.3, -0.25) is 0 Å². The smallest absolute Gasteiger partial charge is 0.201 e. The fourth-order valence-corrected chi connectivity index (χ4v) is 2.72. The summed E-state index contributed by atoms with van der Waals surface area (Å²) in [6.07, 6.45) is 0.961. The summed E-state index contributed by atoms with van der Waals surface area (Å²) in [5.41, 5.74) is 9.41. The van der Waals surface area contributed by atoms with Crippen molar-refractivity contribution in [2.24, 2.45) is 0 Å². The topological polar surface area (TPSA) is 43.8 Å². The molecule has 0 saturated carbocycles. The van der Waals surface area contributed by atoms with E-state index < -0.39 is 0 Å². The number of hydrogen-bond acceptors (Lipinski definition) is 2. The lowest BCUT2D eigenvalue weighted by Crippen LogP contribution is -2.05. The van der Waals surface area contributed by atoms with Gasteiger partial charge in [-0.15, -0.1) is 0 Å². The Balaban J connectivity index is 1.90. The molecule has 1 heterocycles. The maximum atomic E-state index is 6.02. The Bertz CT molecular complexity index is 704. The fourth-order valence-electron chi connectivity index (χ4n) is 2.24. The number of hydrogen-bond donors (Lipinski definition) is 1. The van der Waals surface area contributed by atoms with Crippen molar-refractivity contribution in [1.82, 2.24) is 9.55 Å². The maximum absolute atomic E-state index is 6.02. The number of nitrogens with zero attached hydrogens (tertiary/aromatic N) is 2. The summed E-state index contributed by atoms with van der Waals surface area (Å²) in [6, 6.07) is 16.7. The van der Waals surface area contributed by atoms with Crippen LogP contribution in [-0.2, 0) is 13.0 Å². The van der Waals surface area contributed by atoms with E-state index in [2.05, 4.69) is 74.6 Å². The number of rotatable bonds is 3. The molecule has 4 heteroatoms. The fraction of sp³-hybridized carbons (Fsp3) is 0.133. The van der Waals surface area contributed by atoms with Crippen molar-refractivity contribution in [3.8, 4) is 0 Å². The van der Waals surface area contributed by atoms with E-state index in [1.54, 1.807) is 0 Å². The molecule has 19 heavy (non-hydrogen) atoms. The van der Waals surface area contributed by atoms with Crippen LogP contribution < -0.4 is 5.73 Å². The van der Waals surface area contributed by atoms with Gasteiger partial charge in [-0.2, -0.15) is 0 Å². The van der Waals surface area contributed by atoms with Gasteiger partial charge >= 0.3 is 0 Å². The SMILES string of the molecule is Nc1nc2cc(I)ccc2n1CCc1ccccc1. The molecule has 96 valence electrons. The standard InChI is InChI=1S/C15H14IN3/c16-12-6-7-14-13(10-12)18-15(17)19(14)9-8-11-4-2-1-3-5-11/h1-7,10H,8-9H2,(H2,17,18). The molecule has 2 aromatic carbocycles. The molecule has 3 aromatic rings. The number of aromatic nitrogens is 2. The number of anilines is 1. The third-order valence-corrected chi connectivity index (χ3v) is 3.88. The minimum Gasteiger partial charge on any atom is -0.369 e. The quantitative estimate of drug-likeness (QED) is 0.725. The van der Waals surface area contributed by atoms with Crippen molar-refractivity contribution in [2.75, 3.05) is 5.73 Å². The number of benzene rings is 2. The molecule has 0 radical (unpaired) electrons. The summed E-state index contributed by atoms with van der Waals surface area (Å²) in [5.74, 6) is 0.591.